The molecule has 24 heavy (non-hydrogen) atoms. The lowest BCUT2D eigenvalue weighted by atomic mass is 9.76. The monoisotopic (exact) mass is 324 g/mol. The predicted octanol–water partition coefficient (Wildman–Crippen LogP) is 6.75. The Hall–Kier alpha value is -1.76. The fourth-order valence-electron chi connectivity index (χ4n) is 3.19. The number of aromatic hydroxyl groups is 1. The van der Waals surface area contributed by atoms with Crippen LogP contribution in [0.2, 0.25) is 0 Å². The van der Waals surface area contributed by atoms with E-state index in [1.807, 2.05) is 6.07 Å². The largest absolute Gasteiger partial charge is 0.508 e. The SMILES string of the molecule is CCC(C)c1cccc(C(C)(C)c2ccc(O)c(C(C)CC)c2)c1. The van der Waals surface area contributed by atoms with Gasteiger partial charge in [0.1, 0.15) is 5.75 Å². The fourth-order valence-corrected chi connectivity index (χ4v) is 3.19. The molecule has 0 aliphatic rings. The third kappa shape index (κ3) is 3.66. The first-order valence-corrected chi connectivity index (χ1v) is 9.25. The van der Waals surface area contributed by atoms with Crippen molar-refractivity contribution in [3.05, 3.63) is 64.7 Å². The Balaban J connectivity index is 2.47. The molecule has 0 bridgehead atoms. The summed E-state index contributed by atoms with van der Waals surface area (Å²) in [6.07, 6.45) is 2.18. The van der Waals surface area contributed by atoms with Crippen molar-refractivity contribution in [2.75, 3.05) is 0 Å². The second kappa shape index (κ2) is 7.42. The zero-order valence-electron chi connectivity index (χ0n) is 16.1. The van der Waals surface area contributed by atoms with Crippen molar-refractivity contribution < 1.29 is 5.11 Å². The molecule has 130 valence electrons. The first kappa shape index (κ1) is 18.6. The Bertz CT molecular complexity index is 684. The van der Waals surface area contributed by atoms with Crippen LogP contribution in [-0.2, 0) is 5.41 Å². The average Bonchev–Trinajstić information content (AvgIpc) is 2.60. The van der Waals surface area contributed by atoms with E-state index in [4.69, 9.17) is 0 Å². The van der Waals surface area contributed by atoms with E-state index in [1.54, 1.807) is 0 Å². The molecule has 2 atom stereocenters. The van der Waals surface area contributed by atoms with Crippen LogP contribution in [0.25, 0.3) is 0 Å². The molecule has 0 amide bonds. The van der Waals surface area contributed by atoms with Gasteiger partial charge in [0.25, 0.3) is 0 Å². The van der Waals surface area contributed by atoms with Crippen molar-refractivity contribution in [2.45, 2.75) is 71.6 Å². The summed E-state index contributed by atoms with van der Waals surface area (Å²) < 4.78 is 0. The molecule has 1 nitrogen and oxygen atoms in total. The van der Waals surface area contributed by atoms with E-state index in [0.29, 0.717) is 17.6 Å². The molecule has 1 N–H and O–H groups in total. The molecule has 0 fully saturated rings. The molecular formula is C23H32O. The zero-order chi connectivity index (χ0) is 17.9. The minimum absolute atomic E-state index is 0.0839. The molecule has 2 aromatic carbocycles. The molecule has 0 aromatic heterocycles. The molecule has 0 aliphatic carbocycles. The molecule has 0 saturated carbocycles. The summed E-state index contributed by atoms with van der Waals surface area (Å²) in [5, 5.41) is 10.2. The summed E-state index contributed by atoms with van der Waals surface area (Å²) in [4.78, 5) is 0. The average molecular weight is 325 g/mol. The zero-order valence-corrected chi connectivity index (χ0v) is 16.1. The van der Waals surface area contributed by atoms with Crippen LogP contribution in [0.15, 0.2) is 42.5 Å². The quantitative estimate of drug-likeness (QED) is 0.623. The van der Waals surface area contributed by atoms with E-state index in [1.165, 1.54) is 16.7 Å². The van der Waals surface area contributed by atoms with Crippen molar-refractivity contribution >= 4 is 0 Å². The van der Waals surface area contributed by atoms with E-state index < -0.39 is 0 Å². The van der Waals surface area contributed by atoms with Crippen molar-refractivity contribution in [3.8, 4) is 5.75 Å². The van der Waals surface area contributed by atoms with Crippen molar-refractivity contribution in [1.82, 2.24) is 0 Å². The summed E-state index contributed by atoms with van der Waals surface area (Å²) in [5.41, 5.74) is 4.97. The Morgan fingerprint density at radius 2 is 1.50 bits per heavy atom. The van der Waals surface area contributed by atoms with E-state index in [2.05, 4.69) is 77.9 Å². The molecule has 0 heterocycles. The summed E-state index contributed by atoms with van der Waals surface area (Å²) in [5.74, 6) is 1.36. The number of hydrogen-bond acceptors (Lipinski definition) is 1. The maximum atomic E-state index is 10.2. The van der Waals surface area contributed by atoms with Crippen LogP contribution in [0.1, 0.15) is 88.5 Å². The predicted molar refractivity (Wildman–Crippen MR) is 104 cm³/mol. The van der Waals surface area contributed by atoms with Gasteiger partial charge in [-0.1, -0.05) is 77.9 Å². The topological polar surface area (TPSA) is 20.2 Å². The highest BCUT2D eigenvalue weighted by atomic mass is 16.3. The minimum atomic E-state index is -0.0839. The lowest BCUT2D eigenvalue weighted by Gasteiger charge is -2.28. The Morgan fingerprint density at radius 1 is 0.875 bits per heavy atom. The number of benzene rings is 2. The molecular weight excluding hydrogens is 292 g/mol. The van der Waals surface area contributed by atoms with Crippen molar-refractivity contribution in [3.63, 3.8) is 0 Å². The van der Waals surface area contributed by atoms with Crippen molar-refractivity contribution in [2.24, 2.45) is 0 Å². The Kier molecular flexibility index (Phi) is 5.74. The lowest BCUT2D eigenvalue weighted by molar-refractivity contribution is 0.460. The van der Waals surface area contributed by atoms with Crippen LogP contribution in [0.5, 0.6) is 5.75 Å². The van der Waals surface area contributed by atoms with E-state index in [9.17, 15) is 5.11 Å². The maximum Gasteiger partial charge on any atom is 0.119 e. The first-order chi connectivity index (χ1) is 11.3. The summed E-state index contributed by atoms with van der Waals surface area (Å²) >= 11 is 0. The summed E-state index contributed by atoms with van der Waals surface area (Å²) in [6, 6.07) is 15.1. The lowest BCUT2D eigenvalue weighted by Crippen LogP contribution is -2.19. The molecule has 2 rings (SSSR count). The van der Waals surface area contributed by atoms with Gasteiger partial charge >= 0.3 is 0 Å². The van der Waals surface area contributed by atoms with Crippen LogP contribution >= 0.6 is 0 Å². The highest BCUT2D eigenvalue weighted by Gasteiger charge is 2.25. The van der Waals surface area contributed by atoms with E-state index >= 15 is 0 Å². The molecule has 0 saturated heterocycles. The highest BCUT2D eigenvalue weighted by Crippen LogP contribution is 2.37. The van der Waals surface area contributed by atoms with Crippen LogP contribution < -0.4 is 0 Å². The van der Waals surface area contributed by atoms with Gasteiger partial charge in [0.15, 0.2) is 0 Å². The van der Waals surface area contributed by atoms with E-state index in [-0.39, 0.29) is 5.41 Å². The number of phenolic OH excluding ortho intramolecular Hbond substituents is 1. The second-order valence-electron chi connectivity index (χ2n) is 7.64. The molecule has 0 radical (unpaired) electrons. The summed E-state index contributed by atoms with van der Waals surface area (Å²) in [6.45, 7) is 13.4. The van der Waals surface area contributed by atoms with Gasteiger partial charge in [-0.15, -0.1) is 0 Å². The molecule has 2 aromatic rings. The van der Waals surface area contributed by atoms with E-state index in [0.717, 1.165) is 18.4 Å². The van der Waals surface area contributed by atoms with Gasteiger partial charge in [-0.2, -0.15) is 0 Å². The number of phenols is 1. The van der Waals surface area contributed by atoms with Crippen LogP contribution in [0.3, 0.4) is 0 Å². The second-order valence-corrected chi connectivity index (χ2v) is 7.64. The number of hydrogen-bond donors (Lipinski definition) is 1. The standard InChI is InChI=1S/C23H32O/c1-7-16(3)18-10-9-11-19(14-18)23(5,6)20-12-13-22(24)21(15-20)17(4)8-2/h9-17,24H,7-8H2,1-6H3. The third-order valence-electron chi connectivity index (χ3n) is 5.68. The van der Waals surface area contributed by atoms with Gasteiger partial charge in [0.2, 0.25) is 0 Å². The number of rotatable bonds is 6. The third-order valence-corrected chi connectivity index (χ3v) is 5.68. The van der Waals surface area contributed by atoms with Crippen LogP contribution in [-0.4, -0.2) is 5.11 Å². The van der Waals surface area contributed by atoms with Crippen molar-refractivity contribution in [1.29, 1.82) is 0 Å². The molecule has 1 heteroatoms. The molecule has 0 spiro atoms. The minimum Gasteiger partial charge on any atom is -0.508 e. The first-order valence-electron chi connectivity index (χ1n) is 9.25. The molecule has 2 unspecified atom stereocenters. The fraction of sp³-hybridized carbons (Fsp3) is 0.478. The van der Waals surface area contributed by atoms with Crippen LogP contribution in [0.4, 0.5) is 0 Å². The van der Waals surface area contributed by atoms with Gasteiger partial charge < -0.3 is 5.11 Å². The maximum absolute atomic E-state index is 10.2. The Labute approximate surface area is 147 Å². The molecule has 0 aliphatic heterocycles. The van der Waals surface area contributed by atoms with Gasteiger partial charge in [-0.25, -0.2) is 0 Å². The van der Waals surface area contributed by atoms with Gasteiger partial charge in [-0.3, -0.25) is 0 Å². The van der Waals surface area contributed by atoms with Gasteiger partial charge in [-0.05, 0) is 53.0 Å². The van der Waals surface area contributed by atoms with Gasteiger partial charge in [0, 0.05) is 5.41 Å². The highest BCUT2D eigenvalue weighted by molar-refractivity contribution is 5.46. The van der Waals surface area contributed by atoms with Gasteiger partial charge in [0.05, 0.1) is 0 Å². The van der Waals surface area contributed by atoms with Crippen LogP contribution in [0, 0.1) is 0 Å². The Morgan fingerprint density at radius 3 is 2.12 bits per heavy atom. The summed E-state index contributed by atoms with van der Waals surface area (Å²) in [7, 11) is 0. The smallest absolute Gasteiger partial charge is 0.119 e. The normalized spacial score (nSPS) is 14.4.